The quantitative estimate of drug-likeness (QED) is 0.485. The zero-order valence-corrected chi connectivity index (χ0v) is 7.38. The van der Waals surface area contributed by atoms with Crippen LogP contribution in [-0.2, 0) is 9.59 Å². The Morgan fingerprint density at radius 3 is 2.43 bits per heavy atom. The molecule has 2 rings (SSSR count). The molecule has 2 heterocycles. The van der Waals surface area contributed by atoms with E-state index in [2.05, 4.69) is 0 Å². The molecule has 2 unspecified atom stereocenters. The molecular weight excluding hydrogens is 190 g/mol. The van der Waals surface area contributed by atoms with Crippen LogP contribution in [0.25, 0.3) is 0 Å². The molecule has 0 radical (unpaired) electrons. The molecular formula is C8H11NO5. The first kappa shape index (κ1) is 9.42. The molecule has 78 valence electrons. The van der Waals surface area contributed by atoms with Gasteiger partial charge in [0.25, 0.3) is 0 Å². The molecule has 0 amide bonds. The zero-order chi connectivity index (χ0) is 10.5. The lowest BCUT2D eigenvalue weighted by atomic mass is 9.84. The largest absolute Gasteiger partial charge is 0.481 e. The molecule has 3 N–H and O–H groups in total. The molecule has 2 aliphatic rings. The molecule has 6 nitrogen and oxygen atoms in total. The maximum Gasteiger partial charge on any atom is 0.327 e. The van der Waals surface area contributed by atoms with Gasteiger partial charge in [-0.25, -0.2) is 0 Å². The van der Waals surface area contributed by atoms with Crippen molar-refractivity contribution in [3.05, 3.63) is 0 Å². The van der Waals surface area contributed by atoms with Crippen molar-refractivity contribution in [1.82, 2.24) is 4.90 Å². The zero-order valence-electron chi connectivity index (χ0n) is 7.38. The van der Waals surface area contributed by atoms with Gasteiger partial charge in [0.05, 0.1) is 12.5 Å². The minimum absolute atomic E-state index is 0.0272. The minimum atomic E-state index is -1.59. The van der Waals surface area contributed by atoms with E-state index in [0.717, 1.165) is 0 Å². The molecule has 0 spiro atoms. The van der Waals surface area contributed by atoms with Crippen LogP contribution in [0.5, 0.6) is 0 Å². The monoisotopic (exact) mass is 201 g/mol. The molecule has 2 saturated heterocycles. The number of hydrogen-bond donors (Lipinski definition) is 3. The molecule has 0 aromatic heterocycles. The number of aliphatic hydroxyl groups excluding tert-OH is 1. The summed E-state index contributed by atoms with van der Waals surface area (Å²) in [5.74, 6) is -3.38. The van der Waals surface area contributed by atoms with Crippen LogP contribution in [-0.4, -0.2) is 56.9 Å². The van der Waals surface area contributed by atoms with Crippen LogP contribution in [0.3, 0.4) is 0 Å². The van der Waals surface area contributed by atoms with E-state index in [1.165, 1.54) is 0 Å². The second-order valence-corrected chi connectivity index (χ2v) is 3.82. The Bertz CT molecular complexity index is 304. The van der Waals surface area contributed by atoms with E-state index in [0.29, 0.717) is 13.0 Å². The molecule has 0 aliphatic carbocycles. The van der Waals surface area contributed by atoms with Crippen LogP contribution in [0.1, 0.15) is 6.42 Å². The predicted molar refractivity (Wildman–Crippen MR) is 43.7 cm³/mol. The summed E-state index contributed by atoms with van der Waals surface area (Å²) < 4.78 is 0. The standard InChI is InChI=1S/C8H11NO5/c10-3-8(7(13)14)5(6(11)12)1-4-2-9(4)8/h4-5,10H,1-3H2,(H,11,12)(H,13,14)/t4-,5-,8?,9?/m1/s1. The number of carboxylic acid groups (broad SMARTS) is 2. The second-order valence-electron chi connectivity index (χ2n) is 3.82. The summed E-state index contributed by atoms with van der Waals surface area (Å²) in [6.07, 6.45) is 0.322. The van der Waals surface area contributed by atoms with Gasteiger partial charge in [-0.2, -0.15) is 0 Å². The lowest BCUT2D eigenvalue weighted by molar-refractivity contribution is -0.161. The third-order valence-electron chi connectivity index (χ3n) is 3.22. The van der Waals surface area contributed by atoms with E-state index in [9.17, 15) is 9.59 Å². The van der Waals surface area contributed by atoms with Crippen LogP contribution in [0.2, 0.25) is 0 Å². The van der Waals surface area contributed by atoms with Gasteiger partial charge in [-0.15, -0.1) is 0 Å². The number of aliphatic carboxylic acids is 2. The van der Waals surface area contributed by atoms with Crippen molar-refractivity contribution in [3.8, 4) is 0 Å². The van der Waals surface area contributed by atoms with Crippen LogP contribution >= 0.6 is 0 Å². The highest BCUT2D eigenvalue weighted by Crippen LogP contribution is 2.47. The van der Waals surface area contributed by atoms with Crippen molar-refractivity contribution < 1.29 is 24.9 Å². The van der Waals surface area contributed by atoms with Crippen LogP contribution < -0.4 is 0 Å². The molecule has 2 fully saturated rings. The lowest BCUT2D eigenvalue weighted by Crippen LogP contribution is -2.55. The first-order valence-electron chi connectivity index (χ1n) is 4.38. The summed E-state index contributed by atoms with van der Waals surface area (Å²) in [6.45, 7) is -0.0631. The summed E-state index contributed by atoms with van der Waals surface area (Å²) in [4.78, 5) is 23.4. The Kier molecular flexibility index (Phi) is 1.80. The number of fused-ring (bicyclic) bond motifs is 1. The van der Waals surface area contributed by atoms with Crippen molar-refractivity contribution in [2.75, 3.05) is 13.2 Å². The Morgan fingerprint density at radius 2 is 2.07 bits per heavy atom. The molecule has 0 aromatic carbocycles. The van der Waals surface area contributed by atoms with Gasteiger partial charge in [0.15, 0.2) is 5.54 Å². The number of aliphatic hydroxyl groups is 1. The fraction of sp³-hybridized carbons (Fsp3) is 0.750. The third-order valence-corrected chi connectivity index (χ3v) is 3.22. The maximum absolute atomic E-state index is 11.0. The molecule has 0 saturated carbocycles. The van der Waals surface area contributed by atoms with Gasteiger partial charge in [-0.05, 0) is 6.42 Å². The van der Waals surface area contributed by atoms with Crippen LogP contribution in [0.15, 0.2) is 0 Å². The fourth-order valence-corrected chi connectivity index (χ4v) is 2.38. The summed E-state index contributed by atoms with van der Waals surface area (Å²) >= 11 is 0. The summed E-state index contributed by atoms with van der Waals surface area (Å²) in [7, 11) is 0. The Hall–Kier alpha value is -1.14. The molecule has 2 aliphatic heterocycles. The Labute approximate surface area is 79.7 Å². The number of hydrogen-bond acceptors (Lipinski definition) is 4. The van der Waals surface area contributed by atoms with E-state index in [-0.39, 0.29) is 6.04 Å². The van der Waals surface area contributed by atoms with Crippen LogP contribution in [0, 0.1) is 5.92 Å². The summed E-state index contributed by atoms with van der Waals surface area (Å²) in [6, 6.07) is 0.0272. The van der Waals surface area contributed by atoms with Crippen molar-refractivity contribution in [2.24, 2.45) is 5.92 Å². The molecule has 6 heteroatoms. The Balaban J connectivity index is 2.36. The number of carbonyl (C=O) groups is 2. The molecule has 4 atom stereocenters. The van der Waals surface area contributed by atoms with Crippen molar-refractivity contribution >= 4 is 11.9 Å². The van der Waals surface area contributed by atoms with E-state index in [1.54, 1.807) is 4.90 Å². The average molecular weight is 201 g/mol. The summed E-state index contributed by atoms with van der Waals surface area (Å²) in [5, 5.41) is 27.0. The molecule has 14 heavy (non-hydrogen) atoms. The average Bonchev–Trinajstić information content (AvgIpc) is 2.79. The van der Waals surface area contributed by atoms with Gasteiger partial charge < -0.3 is 15.3 Å². The van der Waals surface area contributed by atoms with E-state index < -0.39 is 30.0 Å². The van der Waals surface area contributed by atoms with Gasteiger partial charge >= 0.3 is 11.9 Å². The van der Waals surface area contributed by atoms with Crippen molar-refractivity contribution in [3.63, 3.8) is 0 Å². The van der Waals surface area contributed by atoms with Gasteiger partial charge in [0.2, 0.25) is 0 Å². The summed E-state index contributed by atoms with van der Waals surface area (Å²) in [5.41, 5.74) is -1.59. The predicted octanol–water partition coefficient (Wildman–Crippen LogP) is -1.41. The Morgan fingerprint density at radius 1 is 1.43 bits per heavy atom. The lowest BCUT2D eigenvalue weighted by Gasteiger charge is -2.29. The van der Waals surface area contributed by atoms with Gasteiger partial charge in [0, 0.05) is 12.6 Å². The highest BCUT2D eigenvalue weighted by molar-refractivity contribution is 5.88. The number of nitrogens with zero attached hydrogens (tertiary/aromatic N) is 1. The normalized spacial score (nSPS) is 44.5. The third kappa shape index (κ3) is 0.921. The second kappa shape index (κ2) is 2.68. The number of carboxylic acids is 2. The highest BCUT2D eigenvalue weighted by Gasteiger charge is 2.67. The van der Waals surface area contributed by atoms with Gasteiger partial charge in [0.1, 0.15) is 0 Å². The van der Waals surface area contributed by atoms with Crippen molar-refractivity contribution in [1.29, 1.82) is 0 Å². The first-order valence-corrected chi connectivity index (χ1v) is 4.38. The number of piperidine rings is 1. The SMILES string of the molecule is O=C(O)[C@H]1C[C@@H]2CN2C1(CO)C(=O)O. The van der Waals surface area contributed by atoms with Crippen molar-refractivity contribution in [2.45, 2.75) is 18.0 Å². The van der Waals surface area contributed by atoms with Gasteiger partial charge in [-0.1, -0.05) is 0 Å². The minimum Gasteiger partial charge on any atom is -0.481 e. The first-order chi connectivity index (χ1) is 6.54. The van der Waals surface area contributed by atoms with Crippen LogP contribution in [0.4, 0.5) is 0 Å². The highest BCUT2D eigenvalue weighted by atomic mass is 16.4. The van der Waals surface area contributed by atoms with E-state index in [4.69, 9.17) is 15.3 Å². The number of rotatable bonds is 3. The van der Waals surface area contributed by atoms with E-state index in [1.807, 2.05) is 0 Å². The molecule has 0 aromatic rings. The molecule has 0 bridgehead atoms. The van der Waals surface area contributed by atoms with Gasteiger partial charge in [-0.3, -0.25) is 14.5 Å². The fourth-order valence-electron chi connectivity index (χ4n) is 2.38. The topological polar surface area (TPSA) is 97.8 Å². The van der Waals surface area contributed by atoms with E-state index >= 15 is 0 Å². The maximum atomic E-state index is 11.0. The smallest absolute Gasteiger partial charge is 0.327 e.